The van der Waals surface area contributed by atoms with E-state index in [1.807, 2.05) is 0 Å². The van der Waals surface area contributed by atoms with E-state index in [4.69, 9.17) is 16.1 Å². The molecule has 0 radical (unpaired) electrons. The third-order valence-corrected chi connectivity index (χ3v) is 7.88. The molecule has 174 valence electrons. The Balaban J connectivity index is 1.54. The molecule has 1 saturated heterocycles. The van der Waals surface area contributed by atoms with Gasteiger partial charge >= 0.3 is 0 Å². The highest BCUT2D eigenvalue weighted by Gasteiger charge is 2.34. The van der Waals surface area contributed by atoms with Crippen molar-refractivity contribution < 1.29 is 22.1 Å². The van der Waals surface area contributed by atoms with E-state index in [1.54, 1.807) is 32.0 Å². The van der Waals surface area contributed by atoms with Crippen molar-refractivity contribution in [2.24, 2.45) is 5.92 Å². The van der Waals surface area contributed by atoms with Crippen molar-refractivity contribution in [1.29, 1.82) is 0 Å². The molecule has 1 aliphatic heterocycles. The van der Waals surface area contributed by atoms with Crippen LogP contribution in [0.15, 0.2) is 45.8 Å². The van der Waals surface area contributed by atoms with E-state index < -0.39 is 21.8 Å². The van der Waals surface area contributed by atoms with Crippen molar-refractivity contribution >= 4 is 33.2 Å². The van der Waals surface area contributed by atoms with Crippen LogP contribution >= 0.6 is 11.6 Å². The lowest BCUT2D eigenvalue weighted by Crippen LogP contribution is -2.43. The van der Waals surface area contributed by atoms with Gasteiger partial charge in [-0.3, -0.25) is 4.79 Å². The summed E-state index contributed by atoms with van der Waals surface area (Å²) in [5, 5.41) is 6.56. The summed E-state index contributed by atoms with van der Waals surface area (Å²) in [5.41, 5.74) is 1.25. The minimum absolute atomic E-state index is 0.00954. The number of piperidine rings is 1. The van der Waals surface area contributed by atoms with Crippen molar-refractivity contribution in [3.63, 3.8) is 0 Å². The molecule has 2 aromatic carbocycles. The lowest BCUT2D eigenvalue weighted by Gasteiger charge is -2.31. The first-order valence-electron chi connectivity index (χ1n) is 10.3. The molecule has 0 spiro atoms. The average molecular weight is 493 g/mol. The maximum absolute atomic E-state index is 13.8. The van der Waals surface area contributed by atoms with Crippen LogP contribution in [0.4, 0.5) is 10.1 Å². The standard InChI is InChI=1S/C22H22ClFN4O4S/c1-13-5-7-17(11-19(13)24)26-22(29)16-4-3-9-28(12-16)33(30,31)20-10-15(6-8-18(20)23)21-25-14(2)32-27-21/h5-8,10-11,16H,3-4,9,12H2,1-2H3,(H,26,29)/t16-/m0/s1. The highest BCUT2D eigenvalue weighted by Crippen LogP contribution is 2.32. The summed E-state index contributed by atoms with van der Waals surface area (Å²) in [5.74, 6) is -0.767. The molecular formula is C22H22ClFN4O4S. The number of carbonyl (C=O) groups excluding carboxylic acids is 1. The van der Waals surface area contributed by atoms with Crippen LogP contribution in [-0.4, -0.2) is 41.9 Å². The van der Waals surface area contributed by atoms with E-state index in [9.17, 15) is 17.6 Å². The molecule has 0 saturated carbocycles. The molecule has 1 aliphatic rings. The molecule has 33 heavy (non-hydrogen) atoms. The van der Waals surface area contributed by atoms with Crippen molar-refractivity contribution in [2.45, 2.75) is 31.6 Å². The lowest BCUT2D eigenvalue weighted by molar-refractivity contribution is -0.120. The Labute approximate surface area is 195 Å². The summed E-state index contributed by atoms with van der Waals surface area (Å²) in [6.45, 7) is 3.51. The summed E-state index contributed by atoms with van der Waals surface area (Å²) in [6.07, 6.45) is 1.02. The first-order chi connectivity index (χ1) is 15.6. The number of hydrogen-bond acceptors (Lipinski definition) is 6. The molecule has 0 bridgehead atoms. The Bertz CT molecular complexity index is 1310. The van der Waals surface area contributed by atoms with Gasteiger partial charge < -0.3 is 9.84 Å². The zero-order chi connectivity index (χ0) is 23.8. The largest absolute Gasteiger partial charge is 0.339 e. The fourth-order valence-corrected chi connectivity index (χ4v) is 5.71. The molecule has 1 aromatic heterocycles. The molecule has 8 nitrogen and oxygen atoms in total. The average Bonchev–Trinajstić information content (AvgIpc) is 3.23. The number of halogens is 2. The van der Waals surface area contributed by atoms with Gasteiger partial charge in [0.25, 0.3) is 0 Å². The fraction of sp³-hybridized carbons (Fsp3) is 0.318. The van der Waals surface area contributed by atoms with Crippen LogP contribution in [0.3, 0.4) is 0 Å². The quantitative estimate of drug-likeness (QED) is 0.572. The van der Waals surface area contributed by atoms with Gasteiger partial charge in [-0.05, 0) is 55.7 Å². The second-order valence-electron chi connectivity index (χ2n) is 7.94. The third kappa shape index (κ3) is 4.92. The Morgan fingerprint density at radius 3 is 2.73 bits per heavy atom. The summed E-state index contributed by atoms with van der Waals surface area (Å²) >= 11 is 6.24. The number of amides is 1. The zero-order valence-electron chi connectivity index (χ0n) is 18.0. The first-order valence-corrected chi connectivity index (χ1v) is 12.1. The molecule has 11 heteroatoms. The smallest absolute Gasteiger partial charge is 0.244 e. The number of nitrogens with zero attached hydrogens (tertiary/aromatic N) is 3. The van der Waals surface area contributed by atoms with Gasteiger partial charge in [0.15, 0.2) is 0 Å². The molecule has 3 aromatic rings. The number of carbonyl (C=O) groups is 1. The van der Waals surface area contributed by atoms with Crippen LogP contribution in [0.1, 0.15) is 24.3 Å². The molecule has 0 aliphatic carbocycles. The highest BCUT2D eigenvalue weighted by atomic mass is 35.5. The van der Waals surface area contributed by atoms with E-state index in [1.165, 1.54) is 22.5 Å². The number of hydrogen-bond donors (Lipinski definition) is 1. The van der Waals surface area contributed by atoms with Crippen LogP contribution in [0.5, 0.6) is 0 Å². The third-order valence-electron chi connectivity index (χ3n) is 5.53. The topological polar surface area (TPSA) is 105 Å². The number of nitrogens with one attached hydrogen (secondary N) is 1. The lowest BCUT2D eigenvalue weighted by atomic mass is 9.98. The van der Waals surface area contributed by atoms with Crippen molar-refractivity contribution in [3.05, 3.63) is 58.7 Å². The molecule has 1 fully saturated rings. The second kappa shape index (κ2) is 9.20. The summed E-state index contributed by atoms with van der Waals surface area (Å²) in [6, 6.07) is 8.91. The normalized spacial score (nSPS) is 17.2. The molecule has 0 unspecified atom stereocenters. The van der Waals surface area contributed by atoms with E-state index >= 15 is 0 Å². The Morgan fingerprint density at radius 2 is 2.03 bits per heavy atom. The van der Waals surface area contributed by atoms with Crippen LogP contribution in [0.25, 0.3) is 11.4 Å². The van der Waals surface area contributed by atoms with Gasteiger partial charge in [-0.15, -0.1) is 0 Å². The molecule has 1 atom stereocenters. The molecule has 4 rings (SSSR count). The van der Waals surface area contributed by atoms with Crippen LogP contribution in [0, 0.1) is 25.6 Å². The van der Waals surface area contributed by atoms with Crippen LogP contribution < -0.4 is 5.32 Å². The molecule has 2 heterocycles. The molecule has 1 amide bonds. The molecular weight excluding hydrogens is 471 g/mol. The van der Waals surface area contributed by atoms with Gasteiger partial charge in [0.1, 0.15) is 10.7 Å². The monoisotopic (exact) mass is 492 g/mol. The van der Waals surface area contributed by atoms with E-state index in [2.05, 4.69) is 15.5 Å². The number of anilines is 1. The minimum atomic E-state index is -3.99. The van der Waals surface area contributed by atoms with Gasteiger partial charge in [0.2, 0.25) is 27.6 Å². The number of aryl methyl sites for hydroxylation is 2. The maximum atomic E-state index is 13.8. The Kier molecular flexibility index (Phi) is 6.51. The van der Waals surface area contributed by atoms with Gasteiger partial charge in [-0.2, -0.15) is 9.29 Å². The minimum Gasteiger partial charge on any atom is -0.339 e. The van der Waals surface area contributed by atoms with Crippen LogP contribution in [0.2, 0.25) is 5.02 Å². The Morgan fingerprint density at radius 1 is 1.24 bits per heavy atom. The van der Waals surface area contributed by atoms with Crippen LogP contribution in [-0.2, 0) is 14.8 Å². The Hall–Kier alpha value is -2.82. The van der Waals surface area contributed by atoms with E-state index in [-0.39, 0.29) is 34.7 Å². The first kappa shape index (κ1) is 23.3. The van der Waals surface area contributed by atoms with Crippen molar-refractivity contribution in [2.75, 3.05) is 18.4 Å². The van der Waals surface area contributed by atoms with Gasteiger partial charge in [0.05, 0.1) is 10.9 Å². The fourth-order valence-electron chi connectivity index (χ4n) is 3.69. The van der Waals surface area contributed by atoms with E-state index in [0.717, 1.165) is 0 Å². The van der Waals surface area contributed by atoms with Crippen molar-refractivity contribution in [1.82, 2.24) is 14.4 Å². The summed E-state index contributed by atoms with van der Waals surface area (Å²) in [4.78, 5) is 16.8. The second-order valence-corrected chi connectivity index (χ2v) is 10.3. The van der Waals surface area contributed by atoms with Crippen molar-refractivity contribution in [3.8, 4) is 11.4 Å². The predicted octanol–water partition coefficient (Wildman–Crippen LogP) is 4.19. The SMILES string of the molecule is Cc1nc(-c2ccc(Cl)c(S(=O)(=O)N3CCC[C@H](C(=O)Nc4ccc(C)c(F)c4)C3)c2)no1. The summed E-state index contributed by atoms with van der Waals surface area (Å²) in [7, 11) is -3.99. The number of sulfonamides is 1. The zero-order valence-corrected chi connectivity index (χ0v) is 19.6. The number of benzene rings is 2. The predicted molar refractivity (Wildman–Crippen MR) is 121 cm³/mol. The van der Waals surface area contributed by atoms with Gasteiger partial charge in [-0.25, -0.2) is 12.8 Å². The summed E-state index contributed by atoms with van der Waals surface area (Å²) < 4.78 is 46.8. The van der Waals surface area contributed by atoms with E-state index in [0.29, 0.717) is 35.5 Å². The highest BCUT2D eigenvalue weighted by molar-refractivity contribution is 7.89. The number of aromatic nitrogens is 2. The molecule has 1 N–H and O–H groups in total. The number of rotatable bonds is 5. The van der Waals surface area contributed by atoms with Gasteiger partial charge in [-0.1, -0.05) is 22.8 Å². The maximum Gasteiger partial charge on any atom is 0.244 e. The van der Waals surface area contributed by atoms with Gasteiger partial charge in [0, 0.05) is 31.3 Å².